The van der Waals surface area contributed by atoms with Gasteiger partial charge in [-0.15, -0.1) is 0 Å². The molecule has 1 unspecified atom stereocenters. The van der Waals surface area contributed by atoms with Gasteiger partial charge >= 0.3 is 5.97 Å². The highest BCUT2D eigenvalue weighted by Crippen LogP contribution is 2.18. The Bertz CT molecular complexity index is 196. The number of esters is 1. The zero-order chi connectivity index (χ0) is 12.1. The van der Waals surface area contributed by atoms with Crippen LogP contribution in [0.2, 0.25) is 0 Å². The van der Waals surface area contributed by atoms with Crippen molar-refractivity contribution >= 4 is 5.97 Å². The van der Waals surface area contributed by atoms with E-state index in [9.17, 15) is 4.79 Å². The van der Waals surface area contributed by atoms with Gasteiger partial charge in [-0.05, 0) is 25.4 Å². The Labute approximate surface area is 93.8 Å². The van der Waals surface area contributed by atoms with Crippen LogP contribution in [0, 0.1) is 11.3 Å². The average Bonchev–Trinajstić information content (AvgIpc) is 2.12. The van der Waals surface area contributed by atoms with E-state index in [1.54, 1.807) is 0 Å². The van der Waals surface area contributed by atoms with Crippen LogP contribution in [-0.4, -0.2) is 38.1 Å². The third kappa shape index (κ3) is 7.37. The molecule has 90 valence electrons. The van der Waals surface area contributed by atoms with E-state index in [-0.39, 0.29) is 11.9 Å². The van der Waals surface area contributed by atoms with Gasteiger partial charge in [0.05, 0.1) is 13.0 Å². The first-order valence-corrected chi connectivity index (χ1v) is 5.52. The zero-order valence-corrected chi connectivity index (χ0v) is 11.0. The minimum Gasteiger partial charge on any atom is -0.469 e. The molecule has 0 aliphatic rings. The molecule has 0 aromatic carbocycles. The van der Waals surface area contributed by atoms with Crippen molar-refractivity contribution in [3.63, 3.8) is 0 Å². The van der Waals surface area contributed by atoms with Crippen LogP contribution in [0.3, 0.4) is 0 Å². The molecule has 0 rings (SSSR count). The Morgan fingerprint density at radius 3 is 2.33 bits per heavy atom. The molecule has 0 aromatic heterocycles. The minimum atomic E-state index is -0.127. The van der Waals surface area contributed by atoms with E-state index < -0.39 is 0 Å². The van der Waals surface area contributed by atoms with Crippen molar-refractivity contribution < 1.29 is 9.53 Å². The smallest absolute Gasteiger partial charge is 0.309 e. The highest BCUT2D eigenvalue weighted by molar-refractivity contribution is 5.71. The Kier molecular flexibility index (Phi) is 5.88. The van der Waals surface area contributed by atoms with Crippen molar-refractivity contribution in [2.24, 2.45) is 11.3 Å². The number of carbonyl (C=O) groups is 1. The molecule has 0 radical (unpaired) electrons. The fourth-order valence-electron chi connectivity index (χ4n) is 1.36. The van der Waals surface area contributed by atoms with Gasteiger partial charge in [-0.1, -0.05) is 27.7 Å². The lowest BCUT2D eigenvalue weighted by Gasteiger charge is -2.24. The van der Waals surface area contributed by atoms with Gasteiger partial charge in [0.15, 0.2) is 0 Å². The van der Waals surface area contributed by atoms with E-state index in [0.717, 1.165) is 19.5 Å². The van der Waals surface area contributed by atoms with Crippen LogP contribution in [-0.2, 0) is 9.53 Å². The molecule has 0 saturated heterocycles. The molecule has 0 aliphatic carbocycles. The van der Waals surface area contributed by atoms with Crippen molar-refractivity contribution in [1.29, 1.82) is 0 Å². The molecule has 0 fully saturated rings. The molecule has 0 bridgehead atoms. The van der Waals surface area contributed by atoms with Crippen LogP contribution in [0.4, 0.5) is 0 Å². The molecule has 15 heavy (non-hydrogen) atoms. The summed E-state index contributed by atoms with van der Waals surface area (Å²) in [5, 5.41) is 0. The second kappa shape index (κ2) is 6.11. The minimum absolute atomic E-state index is 0.0417. The summed E-state index contributed by atoms with van der Waals surface area (Å²) in [6.07, 6.45) is 1.14. The maximum absolute atomic E-state index is 11.2. The van der Waals surface area contributed by atoms with Gasteiger partial charge < -0.3 is 9.64 Å². The lowest BCUT2D eigenvalue weighted by molar-refractivity contribution is -0.145. The van der Waals surface area contributed by atoms with E-state index in [4.69, 9.17) is 4.74 Å². The van der Waals surface area contributed by atoms with Crippen LogP contribution in [0.5, 0.6) is 0 Å². The maximum atomic E-state index is 11.2. The largest absolute Gasteiger partial charge is 0.469 e. The lowest BCUT2D eigenvalue weighted by atomic mass is 9.92. The van der Waals surface area contributed by atoms with Gasteiger partial charge in [-0.25, -0.2) is 0 Å². The van der Waals surface area contributed by atoms with Gasteiger partial charge in [0, 0.05) is 6.54 Å². The summed E-state index contributed by atoms with van der Waals surface area (Å²) < 4.78 is 4.69. The van der Waals surface area contributed by atoms with Gasteiger partial charge in [0.25, 0.3) is 0 Å². The van der Waals surface area contributed by atoms with Crippen molar-refractivity contribution in [3.05, 3.63) is 0 Å². The van der Waals surface area contributed by atoms with Crippen molar-refractivity contribution in [2.75, 3.05) is 27.2 Å². The number of ether oxygens (including phenoxy) is 1. The number of rotatable bonds is 5. The number of hydrogen-bond acceptors (Lipinski definition) is 3. The van der Waals surface area contributed by atoms with Gasteiger partial charge in [0.1, 0.15) is 0 Å². The van der Waals surface area contributed by atoms with E-state index in [0.29, 0.717) is 5.41 Å². The summed E-state index contributed by atoms with van der Waals surface area (Å²) in [4.78, 5) is 13.4. The zero-order valence-electron chi connectivity index (χ0n) is 11.0. The number of nitrogens with zero attached hydrogens (tertiary/aromatic N) is 1. The van der Waals surface area contributed by atoms with Crippen LogP contribution >= 0.6 is 0 Å². The van der Waals surface area contributed by atoms with Crippen LogP contribution in [0.25, 0.3) is 0 Å². The number of methoxy groups -OCH3 is 1. The Morgan fingerprint density at radius 2 is 1.93 bits per heavy atom. The first-order valence-electron chi connectivity index (χ1n) is 5.52. The summed E-state index contributed by atoms with van der Waals surface area (Å²) in [6, 6.07) is 0. The Hall–Kier alpha value is -0.570. The molecule has 1 atom stereocenters. The molecule has 3 nitrogen and oxygen atoms in total. The van der Waals surface area contributed by atoms with E-state index in [1.165, 1.54) is 7.11 Å². The van der Waals surface area contributed by atoms with Gasteiger partial charge in [-0.3, -0.25) is 4.79 Å². The van der Waals surface area contributed by atoms with Crippen molar-refractivity contribution in [1.82, 2.24) is 4.90 Å². The first kappa shape index (κ1) is 14.4. The predicted molar refractivity (Wildman–Crippen MR) is 62.7 cm³/mol. The maximum Gasteiger partial charge on any atom is 0.309 e. The molecule has 0 aromatic rings. The first-order chi connectivity index (χ1) is 6.76. The Morgan fingerprint density at radius 1 is 1.40 bits per heavy atom. The van der Waals surface area contributed by atoms with Crippen molar-refractivity contribution in [2.45, 2.75) is 34.1 Å². The van der Waals surface area contributed by atoms with Gasteiger partial charge in [0.2, 0.25) is 0 Å². The molecular weight excluding hydrogens is 190 g/mol. The molecule has 3 heteroatoms. The van der Waals surface area contributed by atoms with Gasteiger partial charge in [-0.2, -0.15) is 0 Å². The van der Waals surface area contributed by atoms with E-state index in [1.807, 2.05) is 14.0 Å². The second-order valence-electron chi connectivity index (χ2n) is 5.50. The molecule has 0 spiro atoms. The third-order valence-corrected chi connectivity index (χ3v) is 2.43. The average molecular weight is 215 g/mol. The molecule has 0 saturated carbocycles. The number of carbonyl (C=O) groups excluding carboxylic acids is 1. The lowest BCUT2D eigenvalue weighted by Crippen LogP contribution is -2.31. The normalized spacial score (nSPS) is 14.1. The molecule has 0 N–H and O–H groups in total. The Balaban J connectivity index is 3.83. The highest BCUT2D eigenvalue weighted by atomic mass is 16.5. The SMILES string of the molecule is COC(=O)C(C)CN(C)CCC(C)(C)C. The summed E-state index contributed by atoms with van der Waals surface area (Å²) in [6.45, 7) is 10.4. The fraction of sp³-hybridized carbons (Fsp3) is 0.917. The second-order valence-corrected chi connectivity index (χ2v) is 5.50. The summed E-state index contributed by atoms with van der Waals surface area (Å²) in [7, 11) is 3.49. The monoisotopic (exact) mass is 215 g/mol. The topological polar surface area (TPSA) is 29.5 Å². The predicted octanol–water partition coefficient (Wildman–Crippen LogP) is 2.16. The quantitative estimate of drug-likeness (QED) is 0.658. The third-order valence-electron chi connectivity index (χ3n) is 2.43. The fourth-order valence-corrected chi connectivity index (χ4v) is 1.36. The summed E-state index contributed by atoms with van der Waals surface area (Å²) in [5.74, 6) is -0.169. The standard InChI is InChI=1S/C12H25NO2/c1-10(11(14)15-6)9-13(5)8-7-12(2,3)4/h10H,7-9H2,1-6H3. The molecule has 0 aliphatic heterocycles. The van der Waals surface area contributed by atoms with Crippen LogP contribution in [0.1, 0.15) is 34.1 Å². The highest BCUT2D eigenvalue weighted by Gasteiger charge is 2.17. The molecule has 0 heterocycles. The van der Waals surface area contributed by atoms with Crippen LogP contribution < -0.4 is 0 Å². The molecular formula is C12H25NO2. The van der Waals surface area contributed by atoms with E-state index >= 15 is 0 Å². The molecule has 0 amide bonds. The number of hydrogen-bond donors (Lipinski definition) is 0. The van der Waals surface area contributed by atoms with E-state index in [2.05, 4.69) is 25.7 Å². The van der Waals surface area contributed by atoms with Crippen molar-refractivity contribution in [3.8, 4) is 0 Å². The summed E-state index contributed by atoms with van der Waals surface area (Å²) in [5.41, 5.74) is 0.350. The van der Waals surface area contributed by atoms with Crippen LogP contribution in [0.15, 0.2) is 0 Å². The summed E-state index contributed by atoms with van der Waals surface area (Å²) >= 11 is 0.